The van der Waals surface area contributed by atoms with Gasteiger partial charge in [0.15, 0.2) is 0 Å². The lowest BCUT2D eigenvalue weighted by Gasteiger charge is -2.16. The Kier molecular flexibility index (Phi) is 6.85. The van der Waals surface area contributed by atoms with Crippen LogP contribution in [0.3, 0.4) is 0 Å². The highest BCUT2D eigenvalue weighted by molar-refractivity contribution is 7.89. The van der Waals surface area contributed by atoms with Crippen molar-refractivity contribution in [3.8, 4) is 0 Å². The van der Waals surface area contributed by atoms with Gasteiger partial charge in [-0.05, 0) is 12.3 Å². The number of carboxylic acids is 1. The van der Waals surface area contributed by atoms with E-state index in [9.17, 15) is 18.0 Å². The number of rotatable bonds is 8. The molecule has 0 radical (unpaired) electrons. The number of sulfonamides is 1. The lowest BCUT2D eigenvalue weighted by atomic mass is 10.1. The van der Waals surface area contributed by atoms with E-state index < -0.39 is 33.8 Å². The number of methoxy groups -OCH3 is 1. The molecule has 0 saturated heterocycles. The minimum absolute atomic E-state index is 0.0365. The van der Waals surface area contributed by atoms with E-state index in [1.165, 1.54) is 0 Å². The first-order valence-electron chi connectivity index (χ1n) is 5.47. The topological polar surface area (TPSA) is 110 Å². The number of carbonyl (C=O) groups is 2. The summed E-state index contributed by atoms with van der Waals surface area (Å²) in [7, 11) is -2.65. The predicted octanol–water partition coefficient (Wildman–Crippen LogP) is -0.0318. The van der Waals surface area contributed by atoms with E-state index in [0.717, 1.165) is 7.11 Å². The highest BCUT2D eigenvalue weighted by atomic mass is 32.2. The molecule has 0 aliphatic heterocycles. The normalized spacial score (nSPS) is 13.3. The maximum Gasteiger partial charge on any atom is 0.321 e. The van der Waals surface area contributed by atoms with Crippen LogP contribution in [-0.4, -0.2) is 44.4 Å². The number of esters is 1. The third kappa shape index (κ3) is 7.23. The van der Waals surface area contributed by atoms with E-state index in [-0.39, 0.29) is 18.8 Å². The third-order valence-electron chi connectivity index (χ3n) is 2.13. The average molecular weight is 281 g/mol. The second-order valence-corrected chi connectivity index (χ2v) is 6.16. The van der Waals surface area contributed by atoms with Gasteiger partial charge in [0.25, 0.3) is 0 Å². The summed E-state index contributed by atoms with van der Waals surface area (Å²) in [5.41, 5.74) is 0. The second-order valence-electron chi connectivity index (χ2n) is 4.28. The van der Waals surface area contributed by atoms with Gasteiger partial charge in [0.1, 0.15) is 6.04 Å². The van der Waals surface area contributed by atoms with Crippen molar-refractivity contribution in [1.29, 1.82) is 0 Å². The number of hydrogen-bond acceptors (Lipinski definition) is 5. The Labute approximate surface area is 107 Å². The molecule has 0 amide bonds. The number of carboxylic acid groups (broad SMARTS) is 1. The molecule has 0 bridgehead atoms. The summed E-state index contributed by atoms with van der Waals surface area (Å²) >= 11 is 0. The van der Waals surface area contributed by atoms with Crippen LogP contribution in [0.5, 0.6) is 0 Å². The average Bonchev–Trinajstić information content (AvgIpc) is 2.24. The molecular weight excluding hydrogens is 262 g/mol. The first-order chi connectivity index (χ1) is 8.18. The van der Waals surface area contributed by atoms with E-state index in [1.54, 1.807) is 13.8 Å². The van der Waals surface area contributed by atoms with E-state index in [4.69, 9.17) is 5.11 Å². The molecule has 0 saturated carbocycles. The van der Waals surface area contributed by atoms with Crippen molar-refractivity contribution in [2.45, 2.75) is 32.7 Å². The van der Waals surface area contributed by atoms with Gasteiger partial charge in [-0.15, -0.1) is 0 Å². The zero-order valence-corrected chi connectivity index (χ0v) is 11.5. The van der Waals surface area contributed by atoms with Crippen molar-refractivity contribution in [2.24, 2.45) is 5.92 Å². The van der Waals surface area contributed by atoms with Gasteiger partial charge >= 0.3 is 11.9 Å². The lowest BCUT2D eigenvalue weighted by Crippen LogP contribution is -2.42. The van der Waals surface area contributed by atoms with Gasteiger partial charge in [0.2, 0.25) is 10.0 Å². The maximum atomic E-state index is 11.6. The van der Waals surface area contributed by atoms with Crippen LogP contribution in [0.2, 0.25) is 0 Å². The van der Waals surface area contributed by atoms with E-state index in [1.807, 2.05) is 0 Å². The number of nitrogens with one attached hydrogen (secondary N) is 1. The summed E-state index contributed by atoms with van der Waals surface area (Å²) in [6.45, 7) is 3.58. The van der Waals surface area contributed by atoms with Gasteiger partial charge in [-0.2, -0.15) is 0 Å². The molecule has 0 heterocycles. The van der Waals surface area contributed by atoms with Gasteiger partial charge in [-0.25, -0.2) is 13.1 Å². The van der Waals surface area contributed by atoms with E-state index in [2.05, 4.69) is 9.46 Å². The van der Waals surface area contributed by atoms with Crippen molar-refractivity contribution < 1.29 is 27.9 Å². The molecule has 0 rings (SSSR count). The first kappa shape index (κ1) is 16.9. The largest absolute Gasteiger partial charge is 0.480 e. The molecule has 0 fully saturated rings. The summed E-state index contributed by atoms with van der Waals surface area (Å²) in [5, 5.41) is 8.89. The van der Waals surface area contributed by atoms with E-state index >= 15 is 0 Å². The molecule has 0 aromatic heterocycles. The molecule has 0 aromatic rings. The zero-order valence-electron chi connectivity index (χ0n) is 10.7. The molecule has 1 atom stereocenters. The van der Waals surface area contributed by atoms with Gasteiger partial charge in [0, 0.05) is 0 Å². The van der Waals surface area contributed by atoms with Crippen LogP contribution >= 0.6 is 0 Å². The smallest absolute Gasteiger partial charge is 0.321 e. The minimum atomic E-state index is -3.81. The third-order valence-corrected chi connectivity index (χ3v) is 3.51. The maximum absolute atomic E-state index is 11.6. The molecule has 0 unspecified atom stereocenters. The Morgan fingerprint density at radius 3 is 2.28 bits per heavy atom. The predicted molar refractivity (Wildman–Crippen MR) is 64.4 cm³/mol. The van der Waals surface area contributed by atoms with Crippen LogP contribution in [0, 0.1) is 5.92 Å². The molecule has 8 heteroatoms. The van der Waals surface area contributed by atoms with Crippen LogP contribution in [0.1, 0.15) is 26.7 Å². The highest BCUT2D eigenvalue weighted by Gasteiger charge is 2.25. The fourth-order valence-electron chi connectivity index (χ4n) is 1.27. The summed E-state index contributed by atoms with van der Waals surface area (Å²) in [6, 6.07) is -1.17. The zero-order chi connectivity index (χ0) is 14.3. The summed E-state index contributed by atoms with van der Waals surface area (Å²) in [6.07, 6.45) is -0.118. The highest BCUT2D eigenvalue weighted by Crippen LogP contribution is 2.06. The summed E-state index contributed by atoms with van der Waals surface area (Å²) < 4.78 is 29.5. The number of hydrogen-bond donors (Lipinski definition) is 2. The number of ether oxygens (including phenoxy) is 1. The van der Waals surface area contributed by atoms with Crippen LogP contribution in [0.15, 0.2) is 0 Å². The summed E-state index contributed by atoms with van der Waals surface area (Å²) in [5.74, 6) is -2.34. The Morgan fingerprint density at radius 1 is 1.33 bits per heavy atom. The van der Waals surface area contributed by atoms with Crippen LogP contribution in [-0.2, 0) is 24.3 Å². The molecule has 0 aromatic carbocycles. The van der Waals surface area contributed by atoms with Crippen LogP contribution in [0.4, 0.5) is 0 Å². The van der Waals surface area contributed by atoms with E-state index in [0.29, 0.717) is 0 Å². The van der Waals surface area contributed by atoms with Crippen molar-refractivity contribution in [3.63, 3.8) is 0 Å². The fraction of sp³-hybridized carbons (Fsp3) is 0.800. The Balaban J connectivity index is 4.51. The van der Waals surface area contributed by atoms with Gasteiger partial charge in [0.05, 0.1) is 19.3 Å². The Morgan fingerprint density at radius 2 is 1.89 bits per heavy atom. The first-order valence-corrected chi connectivity index (χ1v) is 7.12. The fourth-order valence-corrected chi connectivity index (χ4v) is 2.45. The van der Waals surface area contributed by atoms with Gasteiger partial charge in [-0.1, -0.05) is 13.8 Å². The molecule has 0 spiro atoms. The number of carbonyl (C=O) groups excluding carboxylic acids is 1. The monoisotopic (exact) mass is 281 g/mol. The van der Waals surface area contributed by atoms with Crippen LogP contribution in [0.25, 0.3) is 0 Å². The van der Waals surface area contributed by atoms with Crippen molar-refractivity contribution in [2.75, 3.05) is 12.9 Å². The van der Waals surface area contributed by atoms with Crippen molar-refractivity contribution in [1.82, 2.24) is 4.72 Å². The van der Waals surface area contributed by atoms with Gasteiger partial charge in [-0.3, -0.25) is 9.59 Å². The quantitative estimate of drug-likeness (QED) is 0.604. The Hall–Kier alpha value is -1.15. The second kappa shape index (κ2) is 7.32. The Bertz CT molecular complexity index is 389. The standard InChI is InChI=1S/C10H19NO6S/c1-7(2)6-8(10(13)14)11-18(15,16)5-4-9(12)17-3/h7-8,11H,4-6H2,1-3H3,(H,13,14)/t8-/m1/s1. The molecule has 2 N–H and O–H groups in total. The SMILES string of the molecule is COC(=O)CCS(=O)(=O)N[C@H](CC(C)C)C(=O)O. The minimum Gasteiger partial charge on any atom is -0.480 e. The molecular formula is C10H19NO6S. The molecule has 18 heavy (non-hydrogen) atoms. The summed E-state index contributed by atoms with van der Waals surface area (Å²) in [4.78, 5) is 21.7. The van der Waals surface area contributed by atoms with Gasteiger partial charge < -0.3 is 9.84 Å². The molecule has 106 valence electrons. The van der Waals surface area contributed by atoms with Crippen molar-refractivity contribution in [3.05, 3.63) is 0 Å². The van der Waals surface area contributed by atoms with Crippen LogP contribution < -0.4 is 4.72 Å². The molecule has 0 aliphatic carbocycles. The lowest BCUT2D eigenvalue weighted by molar-refractivity contribution is -0.140. The number of aliphatic carboxylic acids is 1. The molecule has 7 nitrogen and oxygen atoms in total. The molecule has 0 aliphatic rings. The van der Waals surface area contributed by atoms with Crippen molar-refractivity contribution >= 4 is 22.0 Å².